The van der Waals surface area contributed by atoms with Gasteiger partial charge in [0.05, 0.1) is 12.8 Å². The summed E-state index contributed by atoms with van der Waals surface area (Å²) in [6.45, 7) is 0. The van der Waals surface area contributed by atoms with Crippen LogP contribution in [0.25, 0.3) is 0 Å². The Balaban J connectivity index is 2.14. The molecule has 2 aromatic carbocycles. The molecule has 1 atom stereocenters. The fraction of sp³-hybridized carbons (Fsp3) is 0.125. The lowest BCUT2D eigenvalue weighted by molar-refractivity contribution is -0.139. The molecule has 0 aliphatic rings. The number of carbonyl (C=O) groups is 2. The van der Waals surface area contributed by atoms with E-state index in [0.717, 1.165) is 0 Å². The van der Waals surface area contributed by atoms with E-state index in [1.165, 1.54) is 31.4 Å². The maximum absolute atomic E-state index is 13.5. The molecule has 0 spiro atoms. The summed E-state index contributed by atoms with van der Waals surface area (Å²) in [7, 11) is 1.45. The van der Waals surface area contributed by atoms with Gasteiger partial charge in [-0.1, -0.05) is 24.3 Å². The van der Waals surface area contributed by atoms with Crippen molar-refractivity contribution in [3.05, 3.63) is 59.9 Å². The van der Waals surface area contributed by atoms with E-state index < -0.39 is 23.9 Å². The lowest BCUT2D eigenvalue weighted by Crippen LogP contribution is -2.36. The van der Waals surface area contributed by atoms with E-state index in [-0.39, 0.29) is 5.69 Å². The molecule has 0 aromatic heterocycles. The molecule has 0 bridgehead atoms. The van der Waals surface area contributed by atoms with Crippen molar-refractivity contribution in [3.8, 4) is 5.75 Å². The highest BCUT2D eigenvalue weighted by molar-refractivity contribution is 5.92. The summed E-state index contributed by atoms with van der Waals surface area (Å²) in [5.74, 6) is -1.40. The van der Waals surface area contributed by atoms with Crippen LogP contribution in [0.2, 0.25) is 0 Å². The van der Waals surface area contributed by atoms with Gasteiger partial charge in [0.2, 0.25) is 0 Å². The first-order valence-electron chi connectivity index (χ1n) is 6.70. The zero-order valence-electron chi connectivity index (χ0n) is 12.2. The van der Waals surface area contributed by atoms with Crippen LogP contribution >= 0.6 is 0 Å². The summed E-state index contributed by atoms with van der Waals surface area (Å²) < 4.78 is 18.5. The second-order valence-corrected chi connectivity index (χ2v) is 4.63. The first-order valence-corrected chi connectivity index (χ1v) is 6.70. The van der Waals surface area contributed by atoms with Crippen molar-refractivity contribution in [2.24, 2.45) is 0 Å². The van der Waals surface area contributed by atoms with Crippen LogP contribution in [0, 0.1) is 5.82 Å². The number of aliphatic carboxylic acids is 1. The number of carbonyl (C=O) groups excluding carboxylic acids is 1. The van der Waals surface area contributed by atoms with E-state index in [1.54, 1.807) is 24.3 Å². The van der Waals surface area contributed by atoms with Gasteiger partial charge >= 0.3 is 12.0 Å². The monoisotopic (exact) mass is 318 g/mol. The zero-order valence-corrected chi connectivity index (χ0v) is 12.2. The topological polar surface area (TPSA) is 87.7 Å². The SMILES string of the molecule is COc1cccc(C(NC(=O)Nc2ccccc2F)C(=O)O)c1. The zero-order chi connectivity index (χ0) is 16.8. The number of urea groups is 1. The van der Waals surface area contributed by atoms with Crippen molar-refractivity contribution in [2.45, 2.75) is 6.04 Å². The Kier molecular flexibility index (Phi) is 5.14. The van der Waals surface area contributed by atoms with Gasteiger partial charge in [0, 0.05) is 0 Å². The van der Waals surface area contributed by atoms with Crippen LogP contribution in [0.15, 0.2) is 48.5 Å². The molecule has 0 radical (unpaired) electrons. The molecule has 0 aliphatic heterocycles. The van der Waals surface area contributed by atoms with Crippen molar-refractivity contribution in [3.63, 3.8) is 0 Å². The van der Waals surface area contributed by atoms with Crippen LogP contribution in [0.4, 0.5) is 14.9 Å². The van der Waals surface area contributed by atoms with Crippen LogP contribution < -0.4 is 15.4 Å². The number of carboxylic acids is 1. The van der Waals surface area contributed by atoms with Gasteiger partial charge in [-0.3, -0.25) is 0 Å². The molecule has 3 N–H and O–H groups in total. The van der Waals surface area contributed by atoms with Gasteiger partial charge < -0.3 is 20.5 Å². The smallest absolute Gasteiger partial charge is 0.330 e. The molecular weight excluding hydrogens is 303 g/mol. The molecule has 2 rings (SSSR count). The molecule has 1 unspecified atom stereocenters. The molecule has 23 heavy (non-hydrogen) atoms. The van der Waals surface area contributed by atoms with Crippen molar-refractivity contribution < 1.29 is 23.8 Å². The standard InChI is InChI=1S/C16H15FN2O4/c1-23-11-6-4-5-10(9-11)14(15(20)21)19-16(22)18-13-8-3-2-7-12(13)17/h2-9,14H,1H3,(H,20,21)(H2,18,19,22). The molecule has 120 valence electrons. The van der Waals surface area contributed by atoms with Gasteiger partial charge in [0.1, 0.15) is 11.6 Å². The first kappa shape index (κ1) is 16.3. The average Bonchev–Trinajstić information content (AvgIpc) is 2.54. The average molecular weight is 318 g/mol. The van der Waals surface area contributed by atoms with Crippen molar-refractivity contribution in [2.75, 3.05) is 12.4 Å². The second kappa shape index (κ2) is 7.26. The fourth-order valence-electron chi connectivity index (χ4n) is 1.96. The van der Waals surface area contributed by atoms with E-state index in [9.17, 15) is 19.1 Å². The van der Waals surface area contributed by atoms with Gasteiger partial charge in [-0.15, -0.1) is 0 Å². The lowest BCUT2D eigenvalue weighted by atomic mass is 10.1. The Morgan fingerprint density at radius 1 is 1.17 bits per heavy atom. The van der Waals surface area contributed by atoms with Gasteiger partial charge in [-0.25, -0.2) is 14.0 Å². The van der Waals surface area contributed by atoms with Crippen molar-refractivity contribution in [1.82, 2.24) is 5.32 Å². The van der Waals surface area contributed by atoms with E-state index in [1.807, 2.05) is 0 Å². The number of rotatable bonds is 5. The quantitative estimate of drug-likeness (QED) is 0.791. The van der Waals surface area contributed by atoms with Crippen LogP contribution in [0.1, 0.15) is 11.6 Å². The number of methoxy groups -OCH3 is 1. The molecular formula is C16H15FN2O4. The summed E-state index contributed by atoms with van der Waals surface area (Å²) in [6.07, 6.45) is 0. The minimum absolute atomic E-state index is 0.0419. The van der Waals surface area contributed by atoms with E-state index in [2.05, 4.69) is 10.6 Å². The van der Waals surface area contributed by atoms with Gasteiger partial charge in [0.15, 0.2) is 6.04 Å². The minimum atomic E-state index is -1.29. The number of anilines is 1. The Labute approximate surface area is 131 Å². The Morgan fingerprint density at radius 2 is 1.91 bits per heavy atom. The highest BCUT2D eigenvalue weighted by Gasteiger charge is 2.22. The summed E-state index contributed by atoms with van der Waals surface area (Å²) in [6, 6.07) is 9.78. The number of carboxylic acid groups (broad SMARTS) is 1. The molecule has 0 heterocycles. The highest BCUT2D eigenvalue weighted by atomic mass is 19.1. The molecule has 0 fully saturated rings. The molecule has 7 heteroatoms. The molecule has 2 aromatic rings. The third-order valence-electron chi connectivity index (χ3n) is 3.07. The lowest BCUT2D eigenvalue weighted by Gasteiger charge is -2.16. The van der Waals surface area contributed by atoms with Crippen molar-refractivity contribution >= 4 is 17.7 Å². The second-order valence-electron chi connectivity index (χ2n) is 4.63. The number of nitrogens with one attached hydrogen (secondary N) is 2. The third-order valence-corrected chi connectivity index (χ3v) is 3.07. The Morgan fingerprint density at radius 3 is 2.57 bits per heavy atom. The normalized spacial score (nSPS) is 11.4. The van der Waals surface area contributed by atoms with E-state index in [0.29, 0.717) is 11.3 Å². The maximum Gasteiger partial charge on any atom is 0.330 e. The molecule has 6 nitrogen and oxygen atoms in total. The summed E-state index contributed by atoms with van der Waals surface area (Å²) in [4.78, 5) is 23.3. The number of halogens is 1. The predicted molar refractivity (Wildman–Crippen MR) is 81.9 cm³/mol. The number of benzene rings is 2. The number of para-hydroxylation sites is 1. The van der Waals surface area contributed by atoms with Crippen LogP contribution in [0.5, 0.6) is 5.75 Å². The van der Waals surface area contributed by atoms with E-state index in [4.69, 9.17) is 4.74 Å². The molecule has 0 saturated carbocycles. The third kappa shape index (κ3) is 4.19. The maximum atomic E-state index is 13.5. The van der Waals surface area contributed by atoms with Gasteiger partial charge in [0.25, 0.3) is 0 Å². The fourth-order valence-corrected chi connectivity index (χ4v) is 1.96. The molecule has 2 amide bonds. The van der Waals surface area contributed by atoms with Crippen molar-refractivity contribution in [1.29, 1.82) is 0 Å². The summed E-state index contributed by atoms with van der Waals surface area (Å²) in [5, 5.41) is 13.9. The predicted octanol–water partition coefficient (Wildman–Crippen LogP) is 2.78. The molecule has 0 saturated heterocycles. The molecule has 0 aliphatic carbocycles. The van der Waals surface area contributed by atoms with Crippen LogP contribution in [-0.4, -0.2) is 24.2 Å². The number of hydrogen-bond donors (Lipinski definition) is 3. The summed E-state index contributed by atoms with van der Waals surface area (Å²) >= 11 is 0. The number of ether oxygens (including phenoxy) is 1. The minimum Gasteiger partial charge on any atom is -0.497 e. The number of amides is 2. The van der Waals surface area contributed by atoms with Crippen LogP contribution in [-0.2, 0) is 4.79 Å². The van der Waals surface area contributed by atoms with Gasteiger partial charge in [-0.2, -0.15) is 0 Å². The Bertz CT molecular complexity index is 721. The largest absolute Gasteiger partial charge is 0.497 e. The number of hydrogen-bond acceptors (Lipinski definition) is 3. The first-order chi connectivity index (χ1) is 11.0. The van der Waals surface area contributed by atoms with Crippen LogP contribution in [0.3, 0.4) is 0 Å². The Hall–Kier alpha value is -3.09. The highest BCUT2D eigenvalue weighted by Crippen LogP contribution is 2.20. The van der Waals surface area contributed by atoms with E-state index >= 15 is 0 Å². The van der Waals surface area contributed by atoms with Gasteiger partial charge in [-0.05, 0) is 29.8 Å². The summed E-state index contributed by atoms with van der Waals surface area (Å²) in [5.41, 5.74) is 0.292.